The van der Waals surface area contributed by atoms with E-state index in [4.69, 9.17) is 0 Å². The van der Waals surface area contributed by atoms with Crippen LogP contribution in [-0.4, -0.2) is 4.09 Å². The van der Waals surface area contributed by atoms with Crippen molar-refractivity contribution in [2.75, 3.05) is 0 Å². The second kappa shape index (κ2) is 7.49. The third kappa shape index (κ3) is 6.50. The van der Waals surface area contributed by atoms with Crippen LogP contribution in [0.3, 0.4) is 0 Å². The molecule has 0 saturated carbocycles. The molecule has 0 unspecified atom stereocenters. The molecule has 0 aromatic carbocycles. The summed E-state index contributed by atoms with van der Waals surface area (Å²) in [5.74, 6) is 0. The fourth-order valence-electron chi connectivity index (χ4n) is 0.720. The van der Waals surface area contributed by atoms with Gasteiger partial charge in [-0.3, -0.25) is 0 Å². The molecule has 0 saturated heterocycles. The summed E-state index contributed by atoms with van der Waals surface area (Å²) >= 11 is -0.212. The Morgan fingerprint density at radius 3 is 2.50 bits per heavy atom. The van der Waals surface area contributed by atoms with E-state index in [1.54, 1.807) is 0 Å². The van der Waals surface area contributed by atoms with Crippen molar-refractivity contribution in [3.8, 4) is 0 Å². The second-order valence-electron chi connectivity index (χ2n) is 2.45. The van der Waals surface area contributed by atoms with Crippen molar-refractivity contribution in [2.45, 2.75) is 44.3 Å². The first-order valence-corrected chi connectivity index (χ1v) is 5.96. The van der Waals surface area contributed by atoms with Crippen LogP contribution in [0.25, 0.3) is 0 Å². The molecule has 0 heterocycles. The van der Waals surface area contributed by atoms with Crippen LogP contribution in [0.4, 0.5) is 0 Å². The van der Waals surface area contributed by atoms with E-state index in [0.29, 0.717) is 4.09 Å². The number of unbranched alkanes of at least 4 members (excludes halogenated alkanes) is 1. The van der Waals surface area contributed by atoms with Crippen molar-refractivity contribution in [3.05, 3.63) is 0 Å². The molecule has 0 aliphatic carbocycles. The third-order valence-electron chi connectivity index (χ3n) is 1.33. The summed E-state index contributed by atoms with van der Waals surface area (Å²) in [4.78, 5) is 11.0. The number of hydrogen-bond acceptors (Lipinski definition) is 1. The summed E-state index contributed by atoms with van der Waals surface area (Å²) in [6.07, 6.45) is 4.37. The van der Waals surface area contributed by atoms with Gasteiger partial charge in [-0.15, -0.1) is 0 Å². The fourth-order valence-corrected chi connectivity index (χ4v) is 2.65. The average molecular weight is 176 g/mol. The SMILES string of the molecule is CCC[CH2][Ti][C](=O)CCC. The maximum atomic E-state index is 11.0. The Labute approximate surface area is 72.5 Å². The Morgan fingerprint density at radius 2 is 2.00 bits per heavy atom. The molecule has 0 spiro atoms. The van der Waals surface area contributed by atoms with Crippen LogP contribution in [0.5, 0.6) is 0 Å². The van der Waals surface area contributed by atoms with Gasteiger partial charge in [0.25, 0.3) is 0 Å². The molecule has 0 aromatic heterocycles. The summed E-state index contributed by atoms with van der Waals surface area (Å²) < 4.78 is 1.78. The predicted molar refractivity (Wildman–Crippen MR) is 39.6 cm³/mol. The minimum absolute atomic E-state index is 0.212. The minimum atomic E-state index is -0.212. The maximum absolute atomic E-state index is 11.0. The first-order valence-electron chi connectivity index (χ1n) is 4.08. The summed E-state index contributed by atoms with van der Waals surface area (Å²) in [6, 6.07) is 0. The van der Waals surface area contributed by atoms with Crippen molar-refractivity contribution in [2.24, 2.45) is 0 Å². The molecule has 10 heavy (non-hydrogen) atoms. The molecule has 0 rings (SSSR count). The Hall–Kier alpha value is 0.384. The quantitative estimate of drug-likeness (QED) is 0.449. The Bertz CT molecular complexity index is 91.3. The number of rotatable bonds is 6. The Morgan fingerprint density at radius 1 is 1.30 bits per heavy atom. The molecule has 1 nitrogen and oxygen atoms in total. The molecule has 0 bridgehead atoms. The van der Waals surface area contributed by atoms with Gasteiger partial charge >= 0.3 is 72.3 Å². The number of carbonyl (C=O) groups excluding carboxylic acids is 1. The first-order chi connectivity index (χ1) is 4.81. The van der Waals surface area contributed by atoms with Gasteiger partial charge in [0.1, 0.15) is 0 Å². The summed E-state index contributed by atoms with van der Waals surface area (Å²) in [5.41, 5.74) is 0. The van der Waals surface area contributed by atoms with E-state index in [1.165, 1.54) is 17.6 Å². The topological polar surface area (TPSA) is 17.1 Å². The van der Waals surface area contributed by atoms with Gasteiger partial charge in [0.15, 0.2) is 0 Å². The van der Waals surface area contributed by atoms with Crippen molar-refractivity contribution < 1.29 is 23.9 Å². The monoisotopic (exact) mass is 176 g/mol. The van der Waals surface area contributed by atoms with Crippen LogP contribution in [0.1, 0.15) is 39.5 Å². The predicted octanol–water partition coefficient (Wildman–Crippen LogP) is 2.61. The standard InChI is InChI=1S/C4H7O.C4H9.Ti/c1-2-3-4-5;1-3-4-2;/h2-3H2,1H3;1,3-4H2,2H3;. The van der Waals surface area contributed by atoms with Crippen LogP contribution in [0, 0.1) is 0 Å². The molecule has 58 valence electrons. The molecule has 0 atom stereocenters. The van der Waals surface area contributed by atoms with E-state index in [9.17, 15) is 4.79 Å². The van der Waals surface area contributed by atoms with E-state index in [0.717, 1.165) is 12.8 Å². The molecule has 0 aliphatic heterocycles. The molecule has 0 aliphatic rings. The summed E-state index contributed by atoms with van der Waals surface area (Å²) in [7, 11) is 0. The van der Waals surface area contributed by atoms with Gasteiger partial charge < -0.3 is 0 Å². The van der Waals surface area contributed by atoms with Gasteiger partial charge in [-0.05, 0) is 0 Å². The Kier molecular flexibility index (Phi) is 7.78. The van der Waals surface area contributed by atoms with E-state index >= 15 is 0 Å². The van der Waals surface area contributed by atoms with E-state index < -0.39 is 0 Å². The van der Waals surface area contributed by atoms with Crippen LogP contribution < -0.4 is 0 Å². The van der Waals surface area contributed by atoms with Gasteiger partial charge in [-0.1, -0.05) is 0 Å². The van der Waals surface area contributed by atoms with E-state index in [-0.39, 0.29) is 19.2 Å². The first kappa shape index (κ1) is 10.4. The van der Waals surface area contributed by atoms with Crippen LogP contribution >= 0.6 is 0 Å². The van der Waals surface area contributed by atoms with Gasteiger partial charge in [0.2, 0.25) is 0 Å². The molecular weight excluding hydrogens is 160 g/mol. The Balaban J connectivity index is 3.05. The molecular formula is C8H16OTi. The number of hydrogen-bond donors (Lipinski definition) is 0. The van der Waals surface area contributed by atoms with Crippen molar-refractivity contribution in [1.82, 2.24) is 0 Å². The molecule has 0 N–H and O–H groups in total. The van der Waals surface area contributed by atoms with Crippen LogP contribution in [0.2, 0.25) is 4.73 Å². The number of carbonyl (C=O) groups is 1. The van der Waals surface area contributed by atoms with Gasteiger partial charge in [-0.2, -0.15) is 0 Å². The van der Waals surface area contributed by atoms with Crippen molar-refractivity contribution in [1.29, 1.82) is 0 Å². The van der Waals surface area contributed by atoms with E-state index in [1.807, 2.05) is 0 Å². The molecule has 0 amide bonds. The van der Waals surface area contributed by atoms with E-state index in [2.05, 4.69) is 13.8 Å². The second-order valence-corrected chi connectivity index (χ2v) is 4.66. The summed E-state index contributed by atoms with van der Waals surface area (Å²) in [5, 5.41) is 0. The van der Waals surface area contributed by atoms with Gasteiger partial charge in [0, 0.05) is 0 Å². The summed E-state index contributed by atoms with van der Waals surface area (Å²) in [6.45, 7) is 4.25. The van der Waals surface area contributed by atoms with Gasteiger partial charge in [0.05, 0.1) is 0 Å². The normalized spacial score (nSPS) is 9.40. The van der Waals surface area contributed by atoms with Crippen molar-refractivity contribution in [3.63, 3.8) is 0 Å². The molecule has 0 radical (unpaired) electrons. The zero-order chi connectivity index (χ0) is 7.82. The average Bonchev–Trinajstić information content (AvgIpc) is 1.89. The molecule has 2 heteroatoms. The van der Waals surface area contributed by atoms with Crippen LogP contribution in [0.15, 0.2) is 0 Å². The zero-order valence-corrected chi connectivity index (χ0v) is 8.51. The van der Waals surface area contributed by atoms with Gasteiger partial charge in [-0.25, -0.2) is 0 Å². The zero-order valence-electron chi connectivity index (χ0n) is 6.94. The third-order valence-corrected chi connectivity index (χ3v) is 3.28. The van der Waals surface area contributed by atoms with Crippen molar-refractivity contribution >= 4 is 4.09 Å². The van der Waals surface area contributed by atoms with Crippen LogP contribution in [-0.2, 0) is 23.9 Å². The fraction of sp³-hybridized carbons (Fsp3) is 0.875. The molecule has 0 fully saturated rings. The molecule has 0 aromatic rings.